The van der Waals surface area contributed by atoms with Gasteiger partial charge in [-0.25, -0.2) is 0 Å². The largest absolute Gasteiger partial charge is 0.491 e. The molecule has 0 saturated carbocycles. The lowest BCUT2D eigenvalue weighted by Gasteiger charge is -2.13. The summed E-state index contributed by atoms with van der Waals surface area (Å²) in [6.45, 7) is 4.12. The highest BCUT2D eigenvalue weighted by Gasteiger charge is 2.04. The third-order valence-corrected chi connectivity index (χ3v) is 2.77. The summed E-state index contributed by atoms with van der Waals surface area (Å²) < 4.78 is 5.47. The summed E-state index contributed by atoms with van der Waals surface area (Å²) >= 11 is 0. The lowest BCUT2D eigenvalue weighted by molar-refractivity contribution is 0.106. The molecule has 0 aliphatic heterocycles. The van der Waals surface area contributed by atoms with Gasteiger partial charge in [0, 0.05) is 6.54 Å². The van der Waals surface area contributed by atoms with Gasteiger partial charge in [-0.1, -0.05) is 44.4 Å². The van der Waals surface area contributed by atoms with Crippen molar-refractivity contribution in [3.05, 3.63) is 30.3 Å². The minimum Gasteiger partial charge on any atom is -0.491 e. The van der Waals surface area contributed by atoms with Gasteiger partial charge >= 0.3 is 0 Å². The molecule has 3 heteroatoms. The third kappa shape index (κ3) is 7.30. The van der Waals surface area contributed by atoms with E-state index in [1.54, 1.807) is 0 Å². The van der Waals surface area contributed by atoms with Crippen LogP contribution in [0.4, 0.5) is 0 Å². The molecule has 1 atom stereocenters. The van der Waals surface area contributed by atoms with Crippen LogP contribution in [0, 0.1) is 0 Å². The number of benzene rings is 1. The normalized spacial score (nSPS) is 12.3. The van der Waals surface area contributed by atoms with Crippen molar-refractivity contribution in [3.63, 3.8) is 0 Å². The van der Waals surface area contributed by atoms with Crippen LogP contribution in [-0.2, 0) is 0 Å². The van der Waals surface area contributed by atoms with E-state index in [0.29, 0.717) is 13.2 Å². The monoisotopic (exact) mass is 251 g/mol. The Morgan fingerprint density at radius 2 is 1.94 bits per heavy atom. The number of hydrogen-bond acceptors (Lipinski definition) is 3. The third-order valence-electron chi connectivity index (χ3n) is 2.77. The minimum absolute atomic E-state index is 0.339. The Kier molecular flexibility index (Phi) is 8.26. The van der Waals surface area contributed by atoms with Gasteiger partial charge in [-0.2, -0.15) is 0 Å². The average Bonchev–Trinajstić information content (AvgIpc) is 2.41. The molecule has 0 heterocycles. The van der Waals surface area contributed by atoms with E-state index in [0.717, 1.165) is 12.3 Å². The van der Waals surface area contributed by atoms with Crippen LogP contribution in [0.15, 0.2) is 30.3 Å². The summed E-state index contributed by atoms with van der Waals surface area (Å²) in [6.07, 6.45) is 4.55. The number of rotatable bonds is 10. The molecule has 0 fully saturated rings. The van der Waals surface area contributed by atoms with Gasteiger partial charge in [0.15, 0.2) is 0 Å². The van der Waals surface area contributed by atoms with Crippen molar-refractivity contribution in [2.75, 3.05) is 19.7 Å². The summed E-state index contributed by atoms with van der Waals surface area (Å²) in [7, 11) is 0. The van der Waals surface area contributed by atoms with Gasteiger partial charge in [0.2, 0.25) is 0 Å². The van der Waals surface area contributed by atoms with E-state index in [4.69, 9.17) is 4.74 Å². The maximum absolute atomic E-state index is 9.73. The van der Waals surface area contributed by atoms with Crippen molar-refractivity contribution in [1.82, 2.24) is 5.32 Å². The molecule has 1 aromatic rings. The highest BCUT2D eigenvalue weighted by Crippen LogP contribution is 2.08. The molecular weight excluding hydrogens is 226 g/mol. The molecule has 1 rings (SSSR count). The minimum atomic E-state index is -0.448. The van der Waals surface area contributed by atoms with Crippen LogP contribution in [0.2, 0.25) is 0 Å². The Balaban J connectivity index is 1.99. The molecule has 1 aromatic carbocycles. The Hall–Kier alpha value is -1.06. The van der Waals surface area contributed by atoms with Crippen LogP contribution in [0.3, 0.4) is 0 Å². The first-order chi connectivity index (χ1) is 8.83. The summed E-state index contributed by atoms with van der Waals surface area (Å²) in [5.41, 5.74) is 0. The van der Waals surface area contributed by atoms with E-state index in [1.165, 1.54) is 25.7 Å². The van der Waals surface area contributed by atoms with Gasteiger partial charge in [-0.05, 0) is 25.1 Å². The van der Waals surface area contributed by atoms with Crippen LogP contribution in [0.5, 0.6) is 5.75 Å². The number of unbranched alkanes of at least 4 members (excludes halogenated alkanes) is 3. The van der Waals surface area contributed by atoms with Gasteiger partial charge in [0.05, 0.1) is 0 Å². The first-order valence-corrected chi connectivity index (χ1v) is 6.89. The Morgan fingerprint density at radius 3 is 2.67 bits per heavy atom. The predicted octanol–water partition coefficient (Wildman–Crippen LogP) is 2.60. The average molecular weight is 251 g/mol. The van der Waals surface area contributed by atoms with Gasteiger partial charge < -0.3 is 15.2 Å². The molecule has 0 aromatic heterocycles. The molecule has 0 radical (unpaired) electrons. The van der Waals surface area contributed by atoms with Crippen molar-refractivity contribution in [2.24, 2.45) is 0 Å². The highest BCUT2D eigenvalue weighted by atomic mass is 16.5. The molecule has 0 aliphatic rings. The molecule has 18 heavy (non-hydrogen) atoms. The van der Waals surface area contributed by atoms with Gasteiger partial charge in [0.25, 0.3) is 0 Å². The zero-order valence-electron chi connectivity index (χ0n) is 11.3. The lowest BCUT2D eigenvalue weighted by atomic mass is 10.2. The molecule has 2 N–H and O–H groups in total. The topological polar surface area (TPSA) is 41.5 Å². The smallest absolute Gasteiger partial charge is 0.119 e. The fraction of sp³-hybridized carbons (Fsp3) is 0.600. The number of aliphatic hydroxyl groups is 1. The van der Waals surface area contributed by atoms with E-state index < -0.39 is 6.10 Å². The Morgan fingerprint density at radius 1 is 1.17 bits per heavy atom. The zero-order chi connectivity index (χ0) is 13.1. The van der Waals surface area contributed by atoms with E-state index in [-0.39, 0.29) is 0 Å². The maximum Gasteiger partial charge on any atom is 0.119 e. The van der Waals surface area contributed by atoms with Crippen LogP contribution in [0.25, 0.3) is 0 Å². The molecule has 0 spiro atoms. The van der Waals surface area contributed by atoms with E-state index in [9.17, 15) is 5.11 Å². The fourth-order valence-corrected chi connectivity index (χ4v) is 1.71. The molecule has 0 bridgehead atoms. The fourth-order valence-electron chi connectivity index (χ4n) is 1.71. The number of nitrogens with one attached hydrogen (secondary N) is 1. The number of para-hydroxylation sites is 1. The van der Waals surface area contributed by atoms with Crippen molar-refractivity contribution in [2.45, 2.75) is 38.7 Å². The molecule has 0 saturated heterocycles. The quantitative estimate of drug-likeness (QED) is 0.628. The Labute approximate surface area is 110 Å². The van der Waals surface area contributed by atoms with Crippen molar-refractivity contribution in [1.29, 1.82) is 0 Å². The lowest BCUT2D eigenvalue weighted by Crippen LogP contribution is -2.32. The summed E-state index contributed by atoms with van der Waals surface area (Å²) in [5, 5.41) is 13.0. The molecule has 0 aliphatic carbocycles. The second-order valence-corrected chi connectivity index (χ2v) is 4.54. The second-order valence-electron chi connectivity index (χ2n) is 4.54. The molecule has 1 unspecified atom stereocenters. The van der Waals surface area contributed by atoms with E-state index >= 15 is 0 Å². The predicted molar refractivity (Wildman–Crippen MR) is 75.0 cm³/mol. The summed E-state index contributed by atoms with van der Waals surface area (Å²) in [5.74, 6) is 0.805. The molecule has 0 amide bonds. The SMILES string of the molecule is CCCCCCNCC(O)COc1ccccc1. The van der Waals surface area contributed by atoms with Crippen molar-refractivity contribution < 1.29 is 9.84 Å². The Bertz CT molecular complexity index is 290. The van der Waals surface area contributed by atoms with Crippen molar-refractivity contribution >= 4 is 0 Å². The molecule has 3 nitrogen and oxygen atoms in total. The molecular formula is C15H25NO2. The van der Waals surface area contributed by atoms with E-state index in [1.807, 2.05) is 30.3 Å². The van der Waals surface area contributed by atoms with Gasteiger partial charge in [-0.3, -0.25) is 0 Å². The number of aliphatic hydroxyl groups excluding tert-OH is 1. The first kappa shape index (κ1) is 15.0. The van der Waals surface area contributed by atoms with Crippen LogP contribution < -0.4 is 10.1 Å². The van der Waals surface area contributed by atoms with Gasteiger partial charge in [0.1, 0.15) is 18.5 Å². The van der Waals surface area contributed by atoms with E-state index in [2.05, 4.69) is 12.2 Å². The standard InChI is InChI=1S/C15H25NO2/c1-2-3-4-8-11-16-12-14(17)13-18-15-9-6-5-7-10-15/h5-7,9-10,14,16-17H,2-4,8,11-13H2,1H3. The number of hydrogen-bond donors (Lipinski definition) is 2. The summed E-state index contributed by atoms with van der Waals surface area (Å²) in [6, 6.07) is 9.58. The molecule has 102 valence electrons. The van der Waals surface area contributed by atoms with Gasteiger partial charge in [-0.15, -0.1) is 0 Å². The number of ether oxygens (including phenoxy) is 1. The maximum atomic E-state index is 9.73. The van der Waals surface area contributed by atoms with Crippen LogP contribution >= 0.6 is 0 Å². The van der Waals surface area contributed by atoms with Crippen LogP contribution in [-0.4, -0.2) is 30.9 Å². The van der Waals surface area contributed by atoms with Crippen LogP contribution in [0.1, 0.15) is 32.6 Å². The summed E-state index contributed by atoms with van der Waals surface area (Å²) in [4.78, 5) is 0. The zero-order valence-corrected chi connectivity index (χ0v) is 11.3. The highest BCUT2D eigenvalue weighted by molar-refractivity contribution is 5.20. The second kappa shape index (κ2) is 9.92. The first-order valence-electron chi connectivity index (χ1n) is 6.89. The van der Waals surface area contributed by atoms with Crippen molar-refractivity contribution in [3.8, 4) is 5.75 Å².